The molecule has 190 valence electrons. The Morgan fingerprint density at radius 2 is 1.80 bits per heavy atom. The first-order valence-electron chi connectivity index (χ1n) is 10.8. The molecule has 4 rings (SSSR count). The number of carbonyl (C=O) groups is 1. The number of alkyl halides is 4. The van der Waals surface area contributed by atoms with Crippen LogP contribution in [0.25, 0.3) is 0 Å². The molecule has 1 aliphatic carbocycles. The van der Waals surface area contributed by atoms with E-state index in [1.54, 1.807) is 0 Å². The normalized spacial score (nSPS) is 23.5. The minimum Gasteiger partial charge on any atom is -0.351 e. The van der Waals surface area contributed by atoms with Crippen LogP contribution in [0.2, 0.25) is 0 Å². The first-order chi connectivity index (χ1) is 16.3. The van der Waals surface area contributed by atoms with Gasteiger partial charge in [0.05, 0.1) is 16.6 Å². The van der Waals surface area contributed by atoms with Crippen molar-refractivity contribution in [3.8, 4) is 0 Å². The third-order valence-corrected chi connectivity index (χ3v) is 8.15. The number of aromatic nitrogens is 1. The number of pyridine rings is 1. The molecule has 1 aliphatic heterocycles. The van der Waals surface area contributed by atoms with Crippen molar-refractivity contribution in [2.75, 3.05) is 0 Å². The molecule has 1 amide bonds. The molecule has 3 unspecified atom stereocenters. The molecule has 0 bridgehead atoms. The van der Waals surface area contributed by atoms with Crippen molar-refractivity contribution in [1.29, 1.82) is 0 Å². The van der Waals surface area contributed by atoms with Crippen LogP contribution in [0.4, 0.5) is 26.3 Å². The number of halogens is 6. The van der Waals surface area contributed by atoms with Crippen molar-refractivity contribution in [2.45, 2.75) is 68.0 Å². The zero-order chi connectivity index (χ0) is 25.7. The van der Waals surface area contributed by atoms with E-state index in [-0.39, 0.29) is 10.6 Å². The second-order valence-corrected chi connectivity index (χ2v) is 10.5. The van der Waals surface area contributed by atoms with Gasteiger partial charge in [-0.25, -0.2) is 26.6 Å². The zero-order valence-corrected chi connectivity index (χ0v) is 19.1. The third-order valence-electron chi connectivity index (χ3n) is 6.14. The van der Waals surface area contributed by atoms with Gasteiger partial charge < -0.3 is 5.32 Å². The predicted molar refractivity (Wildman–Crippen MR) is 111 cm³/mol. The number of nitrogens with zero attached hydrogens (tertiary/aromatic N) is 2. The highest BCUT2D eigenvalue weighted by Crippen LogP contribution is 2.42. The summed E-state index contributed by atoms with van der Waals surface area (Å²) in [4.78, 5) is 15.9. The number of nitrogens with one attached hydrogen (secondary N) is 1. The Kier molecular flexibility index (Phi) is 6.60. The second kappa shape index (κ2) is 9.08. The maximum atomic E-state index is 14.8. The molecule has 0 spiro atoms. The highest BCUT2D eigenvalue weighted by molar-refractivity contribution is 7.89. The largest absolute Gasteiger partial charge is 0.433 e. The van der Waals surface area contributed by atoms with Gasteiger partial charge in [-0.3, -0.25) is 4.79 Å². The molecule has 3 atom stereocenters. The van der Waals surface area contributed by atoms with Gasteiger partial charge in [-0.1, -0.05) is 0 Å². The van der Waals surface area contributed by atoms with Gasteiger partial charge in [0.1, 0.15) is 29.5 Å². The zero-order valence-electron chi connectivity index (χ0n) is 18.3. The van der Waals surface area contributed by atoms with Crippen molar-refractivity contribution >= 4 is 15.9 Å². The monoisotopic (exact) mass is 521 g/mol. The van der Waals surface area contributed by atoms with Gasteiger partial charge in [0.25, 0.3) is 0 Å². The van der Waals surface area contributed by atoms with Crippen LogP contribution >= 0.6 is 0 Å². The van der Waals surface area contributed by atoms with Gasteiger partial charge in [0, 0.05) is 24.4 Å². The van der Waals surface area contributed by atoms with Crippen LogP contribution in [-0.2, 0) is 27.5 Å². The Morgan fingerprint density at radius 1 is 1.17 bits per heavy atom. The van der Waals surface area contributed by atoms with Gasteiger partial charge in [0.15, 0.2) is 0 Å². The van der Waals surface area contributed by atoms with Crippen LogP contribution in [0.3, 0.4) is 0 Å². The Balaban J connectivity index is 1.58. The van der Waals surface area contributed by atoms with E-state index in [1.165, 1.54) is 6.92 Å². The van der Waals surface area contributed by atoms with Crippen LogP contribution in [0.1, 0.15) is 49.1 Å². The molecule has 1 N–H and O–H groups in total. The van der Waals surface area contributed by atoms with Crippen LogP contribution in [-0.4, -0.2) is 41.9 Å². The Hall–Kier alpha value is -2.67. The number of rotatable bonds is 6. The summed E-state index contributed by atoms with van der Waals surface area (Å²) in [5.41, 5.74) is -2.09. The molecule has 35 heavy (non-hydrogen) atoms. The van der Waals surface area contributed by atoms with Crippen molar-refractivity contribution in [3.63, 3.8) is 0 Å². The summed E-state index contributed by atoms with van der Waals surface area (Å²) in [5, 5.41) is 2.24. The summed E-state index contributed by atoms with van der Waals surface area (Å²) >= 11 is 0. The molecule has 2 aromatic rings. The quantitative estimate of drug-likeness (QED) is 0.582. The summed E-state index contributed by atoms with van der Waals surface area (Å²) in [5.74, 6) is -3.11. The first-order valence-corrected chi connectivity index (χ1v) is 12.2. The fraction of sp³-hybridized carbons (Fsp3) is 0.455. The number of carbonyl (C=O) groups excluding carboxylic acids is 1. The van der Waals surface area contributed by atoms with Gasteiger partial charge in [-0.15, -0.1) is 0 Å². The standard InChI is InChI=1S/C22H21F6N3O3S/c1-11-16(24)9-17(31(11)35(33,34)15-6-4-14(23)5-7-15)21(32)29-10-13-8-18(22(26,27)28)30-20(19(13)25)12-2-3-12/h4-8,11-12,16-17H,2-3,9-10H2,1H3,(H,29,32). The molecule has 2 heterocycles. The minimum atomic E-state index is -4.83. The van der Waals surface area contributed by atoms with Crippen molar-refractivity contribution in [3.05, 3.63) is 58.9 Å². The SMILES string of the molecule is CC1C(F)CC(C(=O)NCc2cc(C(F)(F)F)nc(C3CC3)c2F)N1S(=O)(=O)c1ccc(F)cc1. The number of hydrogen-bond donors (Lipinski definition) is 1. The summed E-state index contributed by atoms with van der Waals surface area (Å²) < 4.78 is 109. The van der Waals surface area contributed by atoms with Gasteiger partial charge in [-0.2, -0.15) is 17.5 Å². The molecule has 2 fully saturated rings. The van der Waals surface area contributed by atoms with E-state index in [4.69, 9.17) is 0 Å². The number of amides is 1. The molecule has 1 aromatic heterocycles. The van der Waals surface area contributed by atoms with E-state index in [0.29, 0.717) is 23.2 Å². The van der Waals surface area contributed by atoms with Crippen LogP contribution in [0, 0.1) is 11.6 Å². The smallest absolute Gasteiger partial charge is 0.351 e. The molecule has 0 radical (unpaired) electrons. The molecule has 2 aliphatic rings. The fourth-order valence-corrected chi connectivity index (χ4v) is 5.91. The Labute approximate surface area is 197 Å². The first kappa shape index (κ1) is 25.4. The fourth-order valence-electron chi connectivity index (χ4n) is 4.10. The minimum absolute atomic E-state index is 0.331. The maximum absolute atomic E-state index is 14.8. The summed E-state index contributed by atoms with van der Waals surface area (Å²) in [6, 6.07) is 1.46. The van der Waals surface area contributed by atoms with E-state index >= 15 is 0 Å². The Bertz CT molecular complexity index is 1230. The van der Waals surface area contributed by atoms with E-state index in [2.05, 4.69) is 10.3 Å². The topological polar surface area (TPSA) is 79.4 Å². The lowest BCUT2D eigenvalue weighted by Gasteiger charge is -2.27. The lowest BCUT2D eigenvalue weighted by atomic mass is 10.1. The van der Waals surface area contributed by atoms with E-state index in [0.717, 1.165) is 24.3 Å². The van der Waals surface area contributed by atoms with Gasteiger partial charge in [0.2, 0.25) is 15.9 Å². The van der Waals surface area contributed by atoms with Crippen molar-refractivity contribution in [1.82, 2.24) is 14.6 Å². The highest BCUT2D eigenvalue weighted by atomic mass is 32.2. The van der Waals surface area contributed by atoms with Crippen LogP contribution in [0.15, 0.2) is 35.2 Å². The molecule has 1 saturated carbocycles. The van der Waals surface area contributed by atoms with Gasteiger partial charge in [-0.05, 0) is 50.1 Å². The Morgan fingerprint density at radius 3 is 2.37 bits per heavy atom. The number of sulfonamides is 1. The molecular formula is C22H21F6N3O3S. The van der Waals surface area contributed by atoms with E-state index in [1.807, 2.05) is 0 Å². The molecule has 13 heteroatoms. The van der Waals surface area contributed by atoms with Crippen LogP contribution in [0.5, 0.6) is 0 Å². The lowest BCUT2D eigenvalue weighted by Crippen LogP contribution is -2.48. The van der Waals surface area contributed by atoms with Crippen LogP contribution < -0.4 is 5.32 Å². The summed E-state index contributed by atoms with van der Waals surface area (Å²) in [6.45, 7) is 0.585. The molecule has 6 nitrogen and oxygen atoms in total. The molecule has 1 saturated heterocycles. The molecular weight excluding hydrogens is 500 g/mol. The maximum Gasteiger partial charge on any atom is 0.433 e. The molecule has 1 aromatic carbocycles. The van der Waals surface area contributed by atoms with E-state index < -0.39 is 82.1 Å². The van der Waals surface area contributed by atoms with E-state index in [9.17, 15) is 39.6 Å². The predicted octanol–water partition coefficient (Wildman–Crippen LogP) is 4.06. The lowest BCUT2D eigenvalue weighted by molar-refractivity contribution is -0.141. The average molecular weight is 521 g/mol. The van der Waals surface area contributed by atoms with Gasteiger partial charge >= 0.3 is 6.18 Å². The average Bonchev–Trinajstić information content (AvgIpc) is 3.57. The second-order valence-electron chi connectivity index (χ2n) is 8.65. The summed E-state index contributed by atoms with van der Waals surface area (Å²) in [6.07, 6.45) is -6.07. The van der Waals surface area contributed by atoms with Crippen molar-refractivity contribution in [2.24, 2.45) is 0 Å². The summed E-state index contributed by atoms with van der Waals surface area (Å²) in [7, 11) is -4.43. The number of benzene rings is 1. The third kappa shape index (κ3) is 5.01. The highest BCUT2D eigenvalue weighted by Gasteiger charge is 2.49. The van der Waals surface area contributed by atoms with Crippen molar-refractivity contribution < 1.29 is 39.6 Å². The number of hydrogen-bond acceptors (Lipinski definition) is 4.